The molecule has 0 radical (unpaired) electrons. The number of nitro groups is 1. The van der Waals surface area contributed by atoms with Gasteiger partial charge >= 0.3 is 0 Å². The van der Waals surface area contributed by atoms with Gasteiger partial charge in [-0.3, -0.25) is 10.1 Å². The summed E-state index contributed by atoms with van der Waals surface area (Å²) in [6, 6.07) is 13.6. The molecule has 0 bridgehead atoms. The third kappa shape index (κ3) is 4.18. The lowest BCUT2D eigenvalue weighted by atomic mass is 10.0. The van der Waals surface area contributed by atoms with E-state index < -0.39 is 4.92 Å². The molecule has 0 heterocycles. The monoisotopic (exact) mass is 372 g/mol. The second-order valence-electron chi connectivity index (χ2n) is 4.59. The molecule has 0 aliphatic rings. The van der Waals surface area contributed by atoms with E-state index in [0.29, 0.717) is 23.5 Å². The predicted molar refractivity (Wildman–Crippen MR) is 91.9 cm³/mol. The second-order valence-corrected chi connectivity index (χ2v) is 5.51. The fourth-order valence-corrected chi connectivity index (χ4v) is 2.42. The Balaban J connectivity index is 2.51. The summed E-state index contributed by atoms with van der Waals surface area (Å²) in [7, 11) is 0. The van der Waals surface area contributed by atoms with E-state index in [1.54, 1.807) is 18.2 Å². The Bertz CT molecular complexity index is 810. The van der Waals surface area contributed by atoms with Crippen LogP contribution < -0.4 is 4.74 Å². The average molecular weight is 373 g/mol. The maximum Gasteiger partial charge on any atom is 0.270 e. The molecule has 0 aliphatic heterocycles. The largest absolute Gasteiger partial charge is 0.493 e. The highest BCUT2D eigenvalue weighted by atomic mass is 79.9. The summed E-state index contributed by atoms with van der Waals surface area (Å²) in [6.07, 6.45) is 1.66. The summed E-state index contributed by atoms with van der Waals surface area (Å²) in [5.41, 5.74) is 1.49. The van der Waals surface area contributed by atoms with Gasteiger partial charge in [0.25, 0.3) is 5.69 Å². The maximum atomic E-state index is 10.9. The molecule has 0 unspecified atom stereocenters. The van der Waals surface area contributed by atoms with Gasteiger partial charge in [0.05, 0.1) is 23.2 Å². The minimum Gasteiger partial charge on any atom is -0.493 e. The lowest BCUT2D eigenvalue weighted by molar-refractivity contribution is -0.384. The Kier molecular flexibility index (Phi) is 5.50. The van der Waals surface area contributed by atoms with Crippen LogP contribution in [0.2, 0.25) is 0 Å². The number of nitrogens with zero attached hydrogens (tertiary/aromatic N) is 2. The van der Waals surface area contributed by atoms with Crippen LogP contribution in [0.25, 0.3) is 11.6 Å². The SMILES string of the molecule is CCOc1ccc(Br)cc1C=C(C#N)c1cccc([N+](=O)[O-])c1. The van der Waals surface area contributed by atoms with Crippen molar-refractivity contribution < 1.29 is 9.66 Å². The predicted octanol–water partition coefficient (Wildman–Crippen LogP) is 4.82. The number of hydrogen-bond donors (Lipinski definition) is 0. The van der Waals surface area contributed by atoms with Crippen molar-refractivity contribution >= 4 is 33.3 Å². The van der Waals surface area contributed by atoms with Gasteiger partial charge in [0.1, 0.15) is 5.75 Å². The molecule has 0 atom stereocenters. The van der Waals surface area contributed by atoms with E-state index in [4.69, 9.17) is 4.74 Å². The lowest BCUT2D eigenvalue weighted by Crippen LogP contribution is -1.94. The number of hydrogen-bond acceptors (Lipinski definition) is 4. The molecular weight excluding hydrogens is 360 g/mol. The lowest BCUT2D eigenvalue weighted by Gasteiger charge is -2.08. The van der Waals surface area contributed by atoms with Crippen molar-refractivity contribution in [2.24, 2.45) is 0 Å². The molecule has 0 aliphatic carbocycles. The number of allylic oxidation sites excluding steroid dienone is 1. The normalized spacial score (nSPS) is 10.9. The highest BCUT2D eigenvalue weighted by Gasteiger charge is 2.10. The molecule has 0 amide bonds. The topological polar surface area (TPSA) is 76.2 Å². The van der Waals surface area contributed by atoms with Gasteiger partial charge in [-0.25, -0.2) is 0 Å². The van der Waals surface area contributed by atoms with E-state index in [-0.39, 0.29) is 5.69 Å². The molecule has 116 valence electrons. The minimum absolute atomic E-state index is 0.0528. The van der Waals surface area contributed by atoms with Crippen LogP contribution in [0.4, 0.5) is 5.69 Å². The summed E-state index contributed by atoms with van der Waals surface area (Å²) in [5.74, 6) is 0.647. The van der Waals surface area contributed by atoms with Gasteiger partial charge in [0.15, 0.2) is 0 Å². The molecule has 2 aromatic rings. The van der Waals surface area contributed by atoms with Crippen LogP contribution in [-0.4, -0.2) is 11.5 Å². The van der Waals surface area contributed by atoms with Gasteiger partial charge in [-0.15, -0.1) is 0 Å². The Morgan fingerprint density at radius 2 is 2.17 bits per heavy atom. The van der Waals surface area contributed by atoms with Gasteiger partial charge in [0.2, 0.25) is 0 Å². The van der Waals surface area contributed by atoms with E-state index in [1.807, 2.05) is 25.1 Å². The highest BCUT2D eigenvalue weighted by Crippen LogP contribution is 2.28. The first-order valence-corrected chi connectivity index (χ1v) is 7.63. The third-order valence-electron chi connectivity index (χ3n) is 3.06. The van der Waals surface area contributed by atoms with Crippen LogP contribution in [-0.2, 0) is 0 Å². The van der Waals surface area contributed by atoms with Gasteiger partial charge in [-0.05, 0) is 36.8 Å². The zero-order valence-corrected chi connectivity index (χ0v) is 13.9. The van der Waals surface area contributed by atoms with Crippen LogP contribution in [0.1, 0.15) is 18.1 Å². The van der Waals surface area contributed by atoms with Crippen molar-refractivity contribution in [3.05, 3.63) is 68.2 Å². The van der Waals surface area contributed by atoms with Crippen LogP contribution >= 0.6 is 15.9 Å². The number of nitriles is 1. The maximum absolute atomic E-state index is 10.9. The fourth-order valence-electron chi connectivity index (χ4n) is 2.04. The van der Waals surface area contributed by atoms with Crippen molar-refractivity contribution in [2.45, 2.75) is 6.92 Å². The summed E-state index contributed by atoms with van der Waals surface area (Å²) in [5, 5.41) is 20.3. The molecule has 0 fully saturated rings. The van der Waals surface area contributed by atoms with Gasteiger partial charge < -0.3 is 4.74 Å². The fraction of sp³-hybridized carbons (Fsp3) is 0.118. The number of non-ortho nitro benzene ring substituents is 1. The number of nitro benzene ring substituents is 1. The molecule has 0 saturated heterocycles. The summed E-state index contributed by atoms with van der Waals surface area (Å²) in [6.45, 7) is 2.38. The number of halogens is 1. The quantitative estimate of drug-likeness (QED) is 0.326. The Hall–Kier alpha value is -2.65. The minimum atomic E-state index is -0.483. The summed E-state index contributed by atoms with van der Waals surface area (Å²) in [4.78, 5) is 10.4. The molecule has 2 rings (SSSR count). The summed E-state index contributed by atoms with van der Waals surface area (Å²) >= 11 is 3.39. The van der Waals surface area contributed by atoms with Crippen molar-refractivity contribution in [3.63, 3.8) is 0 Å². The molecule has 6 heteroatoms. The van der Waals surface area contributed by atoms with Gasteiger partial charge in [-0.1, -0.05) is 28.1 Å². The molecule has 0 saturated carbocycles. The molecule has 0 aromatic heterocycles. The third-order valence-corrected chi connectivity index (χ3v) is 3.55. The van der Waals surface area contributed by atoms with Crippen LogP contribution in [0.15, 0.2) is 46.9 Å². The zero-order valence-electron chi connectivity index (χ0n) is 12.3. The van der Waals surface area contributed by atoms with E-state index in [9.17, 15) is 15.4 Å². The van der Waals surface area contributed by atoms with Gasteiger partial charge in [0, 0.05) is 22.2 Å². The van der Waals surface area contributed by atoms with Crippen LogP contribution in [0.3, 0.4) is 0 Å². The molecule has 2 aromatic carbocycles. The van der Waals surface area contributed by atoms with Crippen LogP contribution in [0, 0.1) is 21.4 Å². The smallest absolute Gasteiger partial charge is 0.270 e. The Labute approximate surface area is 142 Å². The number of rotatable bonds is 5. The second kappa shape index (κ2) is 7.56. The van der Waals surface area contributed by atoms with Gasteiger partial charge in [-0.2, -0.15) is 5.26 Å². The van der Waals surface area contributed by atoms with E-state index in [1.165, 1.54) is 12.1 Å². The van der Waals surface area contributed by atoms with Crippen molar-refractivity contribution in [3.8, 4) is 11.8 Å². The molecule has 5 nitrogen and oxygen atoms in total. The van der Waals surface area contributed by atoms with Crippen molar-refractivity contribution in [1.82, 2.24) is 0 Å². The number of ether oxygens (including phenoxy) is 1. The van der Waals surface area contributed by atoms with E-state index in [2.05, 4.69) is 22.0 Å². The van der Waals surface area contributed by atoms with Crippen molar-refractivity contribution in [1.29, 1.82) is 5.26 Å². The first-order chi connectivity index (χ1) is 11.0. The average Bonchev–Trinajstić information content (AvgIpc) is 2.55. The standard InChI is InChI=1S/C17H13BrN2O3/c1-2-23-17-7-6-15(18)9-13(17)8-14(11-19)12-4-3-5-16(10-12)20(21)22/h3-10H,2H2,1H3. The van der Waals surface area contributed by atoms with E-state index >= 15 is 0 Å². The number of benzene rings is 2. The first kappa shape index (κ1) is 16.7. The highest BCUT2D eigenvalue weighted by molar-refractivity contribution is 9.10. The Morgan fingerprint density at radius 3 is 2.83 bits per heavy atom. The Morgan fingerprint density at radius 1 is 1.39 bits per heavy atom. The molecule has 23 heavy (non-hydrogen) atoms. The first-order valence-electron chi connectivity index (χ1n) is 6.84. The molecule has 0 N–H and O–H groups in total. The summed E-state index contributed by atoms with van der Waals surface area (Å²) < 4.78 is 6.40. The molecular formula is C17H13BrN2O3. The van der Waals surface area contributed by atoms with Crippen molar-refractivity contribution in [2.75, 3.05) is 6.61 Å². The van der Waals surface area contributed by atoms with Crippen LogP contribution in [0.5, 0.6) is 5.75 Å². The van der Waals surface area contributed by atoms with E-state index in [0.717, 1.165) is 10.0 Å². The molecule has 0 spiro atoms. The zero-order chi connectivity index (χ0) is 16.8.